The lowest BCUT2D eigenvalue weighted by Crippen LogP contribution is -2.45. The summed E-state index contributed by atoms with van der Waals surface area (Å²) in [4.78, 5) is 17.2. The van der Waals surface area contributed by atoms with Gasteiger partial charge in [-0.1, -0.05) is 19.1 Å². The maximum atomic E-state index is 10.7. The number of nitrogens with one attached hydrogen (secondary N) is 1. The Morgan fingerprint density at radius 2 is 2.00 bits per heavy atom. The molecule has 0 radical (unpaired) electrons. The van der Waals surface area contributed by atoms with Gasteiger partial charge in [0.15, 0.2) is 5.96 Å². The second kappa shape index (κ2) is 7.77. The summed E-state index contributed by atoms with van der Waals surface area (Å²) in [6.07, 6.45) is 2.39. The number of hydrogen-bond donors (Lipinski definition) is 1. The smallest absolute Gasteiger partial charge is 0.269 e. The maximum Gasteiger partial charge on any atom is 0.269 e. The summed E-state index contributed by atoms with van der Waals surface area (Å²) in [7, 11) is 0. The van der Waals surface area contributed by atoms with Gasteiger partial charge in [-0.15, -0.1) is 0 Å². The molecule has 1 aromatic rings. The first-order valence-electron chi connectivity index (χ1n) is 7.86. The van der Waals surface area contributed by atoms with Gasteiger partial charge in [-0.2, -0.15) is 0 Å². The van der Waals surface area contributed by atoms with Gasteiger partial charge in [0.25, 0.3) is 5.69 Å². The summed E-state index contributed by atoms with van der Waals surface area (Å²) in [6, 6.07) is 6.59. The molecule has 0 atom stereocenters. The Bertz CT molecular complexity index is 519. The predicted octanol–water partition coefficient (Wildman–Crippen LogP) is 2.79. The van der Waals surface area contributed by atoms with E-state index in [2.05, 4.69) is 29.1 Å². The van der Waals surface area contributed by atoms with Crippen LogP contribution in [0.4, 0.5) is 5.69 Å². The second-order valence-corrected chi connectivity index (χ2v) is 5.76. The fraction of sp³-hybridized carbons (Fsp3) is 0.562. The monoisotopic (exact) mass is 304 g/mol. The van der Waals surface area contributed by atoms with Gasteiger partial charge in [-0.25, -0.2) is 4.99 Å². The minimum atomic E-state index is -0.383. The number of non-ortho nitro benzene ring substituents is 1. The van der Waals surface area contributed by atoms with E-state index in [1.54, 1.807) is 12.1 Å². The third-order valence-electron chi connectivity index (χ3n) is 3.98. The molecule has 6 nitrogen and oxygen atoms in total. The summed E-state index contributed by atoms with van der Waals surface area (Å²) in [5, 5.41) is 14.0. The van der Waals surface area contributed by atoms with Crippen LogP contribution in [0.5, 0.6) is 0 Å². The highest BCUT2D eigenvalue weighted by Crippen LogP contribution is 2.16. The first-order valence-corrected chi connectivity index (χ1v) is 7.86. The van der Waals surface area contributed by atoms with Gasteiger partial charge in [-0.05, 0) is 31.2 Å². The van der Waals surface area contributed by atoms with E-state index < -0.39 is 0 Å². The van der Waals surface area contributed by atoms with Crippen molar-refractivity contribution >= 4 is 11.6 Å². The molecule has 1 aliphatic heterocycles. The van der Waals surface area contributed by atoms with Crippen molar-refractivity contribution in [3.05, 3.63) is 39.9 Å². The van der Waals surface area contributed by atoms with Crippen LogP contribution >= 0.6 is 0 Å². The molecule has 1 N–H and O–H groups in total. The second-order valence-electron chi connectivity index (χ2n) is 5.76. The Kier molecular flexibility index (Phi) is 5.75. The number of benzene rings is 1. The first-order chi connectivity index (χ1) is 10.6. The van der Waals surface area contributed by atoms with Crippen molar-refractivity contribution in [1.29, 1.82) is 0 Å². The molecule has 0 unspecified atom stereocenters. The van der Waals surface area contributed by atoms with E-state index in [-0.39, 0.29) is 10.6 Å². The topological polar surface area (TPSA) is 70.8 Å². The summed E-state index contributed by atoms with van der Waals surface area (Å²) in [5.74, 6) is 1.72. The molecule has 0 spiro atoms. The largest absolute Gasteiger partial charge is 0.357 e. The van der Waals surface area contributed by atoms with Crippen LogP contribution in [0.1, 0.15) is 32.3 Å². The molecule has 1 fully saturated rings. The molecular formula is C16H24N4O2. The van der Waals surface area contributed by atoms with E-state index >= 15 is 0 Å². The van der Waals surface area contributed by atoms with Gasteiger partial charge >= 0.3 is 0 Å². The van der Waals surface area contributed by atoms with E-state index in [0.29, 0.717) is 6.54 Å². The molecule has 1 saturated heterocycles. The minimum Gasteiger partial charge on any atom is -0.357 e. The predicted molar refractivity (Wildman–Crippen MR) is 87.9 cm³/mol. The average Bonchev–Trinajstić information content (AvgIpc) is 2.53. The van der Waals surface area contributed by atoms with Crippen LogP contribution in [0.25, 0.3) is 0 Å². The molecule has 1 aliphatic rings. The molecule has 0 aromatic heterocycles. The number of likely N-dealkylation sites (tertiary alicyclic amines) is 1. The lowest BCUT2D eigenvalue weighted by atomic mass is 10.00. The zero-order chi connectivity index (χ0) is 15.9. The van der Waals surface area contributed by atoms with Crippen molar-refractivity contribution in [2.75, 3.05) is 19.6 Å². The standard InChI is InChI=1S/C16H24N4O2/c1-3-17-16(19-10-8-13(2)9-11-19)18-12-14-4-6-15(7-5-14)20(21)22/h4-7,13H,3,8-12H2,1-2H3,(H,17,18). The zero-order valence-corrected chi connectivity index (χ0v) is 13.3. The summed E-state index contributed by atoms with van der Waals surface area (Å²) < 4.78 is 0. The van der Waals surface area contributed by atoms with E-state index in [1.807, 2.05) is 0 Å². The van der Waals surface area contributed by atoms with Crippen molar-refractivity contribution in [3.63, 3.8) is 0 Å². The van der Waals surface area contributed by atoms with Crippen LogP contribution in [0, 0.1) is 16.0 Å². The quantitative estimate of drug-likeness (QED) is 0.402. The van der Waals surface area contributed by atoms with Gasteiger partial charge < -0.3 is 10.2 Å². The molecule has 6 heteroatoms. The van der Waals surface area contributed by atoms with Crippen molar-refractivity contribution < 1.29 is 4.92 Å². The molecular weight excluding hydrogens is 280 g/mol. The number of nitro benzene ring substituents is 1. The van der Waals surface area contributed by atoms with Gasteiger partial charge in [0, 0.05) is 31.8 Å². The molecule has 22 heavy (non-hydrogen) atoms. The lowest BCUT2D eigenvalue weighted by molar-refractivity contribution is -0.384. The summed E-state index contributed by atoms with van der Waals surface area (Å²) in [5.41, 5.74) is 1.09. The average molecular weight is 304 g/mol. The van der Waals surface area contributed by atoms with Gasteiger partial charge in [0.1, 0.15) is 0 Å². The Morgan fingerprint density at radius 1 is 1.36 bits per heavy atom. The third-order valence-corrected chi connectivity index (χ3v) is 3.98. The van der Waals surface area contributed by atoms with Crippen LogP contribution in [-0.2, 0) is 6.54 Å². The number of hydrogen-bond acceptors (Lipinski definition) is 3. The SMILES string of the molecule is CCNC(=NCc1ccc([N+](=O)[O-])cc1)N1CCC(C)CC1. The van der Waals surface area contributed by atoms with Crippen LogP contribution in [0.2, 0.25) is 0 Å². The Balaban J connectivity index is 2.01. The van der Waals surface area contributed by atoms with Crippen molar-refractivity contribution in [3.8, 4) is 0 Å². The van der Waals surface area contributed by atoms with Crippen LogP contribution in [0.3, 0.4) is 0 Å². The van der Waals surface area contributed by atoms with Crippen molar-refractivity contribution in [1.82, 2.24) is 10.2 Å². The maximum absolute atomic E-state index is 10.7. The van der Waals surface area contributed by atoms with Gasteiger partial charge in [0.05, 0.1) is 11.5 Å². The van der Waals surface area contributed by atoms with Crippen LogP contribution < -0.4 is 5.32 Å². The van der Waals surface area contributed by atoms with E-state index in [1.165, 1.54) is 25.0 Å². The molecule has 1 heterocycles. The highest BCUT2D eigenvalue weighted by molar-refractivity contribution is 5.80. The Hall–Kier alpha value is -2.11. The van der Waals surface area contributed by atoms with Gasteiger partial charge in [-0.3, -0.25) is 10.1 Å². The van der Waals surface area contributed by atoms with Crippen LogP contribution in [0.15, 0.2) is 29.3 Å². The normalized spacial score (nSPS) is 16.6. The zero-order valence-electron chi connectivity index (χ0n) is 13.3. The lowest BCUT2D eigenvalue weighted by Gasteiger charge is -2.33. The fourth-order valence-corrected chi connectivity index (χ4v) is 2.54. The summed E-state index contributed by atoms with van der Waals surface area (Å²) >= 11 is 0. The van der Waals surface area contributed by atoms with Crippen LogP contribution in [-0.4, -0.2) is 35.4 Å². The van der Waals surface area contributed by atoms with Crippen molar-refractivity contribution in [2.24, 2.45) is 10.9 Å². The van der Waals surface area contributed by atoms with Gasteiger partial charge in [0.2, 0.25) is 0 Å². The number of aliphatic imine (C=N–C) groups is 1. The molecule has 120 valence electrons. The summed E-state index contributed by atoms with van der Waals surface area (Å²) in [6.45, 7) is 7.80. The number of nitrogens with zero attached hydrogens (tertiary/aromatic N) is 3. The molecule has 0 amide bonds. The molecule has 2 rings (SSSR count). The number of rotatable bonds is 4. The number of guanidine groups is 1. The molecule has 1 aromatic carbocycles. The van der Waals surface area contributed by atoms with E-state index in [0.717, 1.165) is 37.1 Å². The van der Waals surface area contributed by atoms with E-state index in [9.17, 15) is 10.1 Å². The highest BCUT2D eigenvalue weighted by atomic mass is 16.6. The van der Waals surface area contributed by atoms with E-state index in [4.69, 9.17) is 0 Å². The first kappa shape index (κ1) is 16.3. The van der Waals surface area contributed by atoms with Crippen molar-refractivity contribution in [2.45, 2.75) is 33.2 Å². The number of nitro groups is 1. The third kappa shape index (κ3) is 4.44. The molecule has 0 aliphatic carbocycles. The number of piperidine rings is 1. The molecule has 0 saturated carbocycles. The molecule has 0 bridgehead atoms. The fourth-order valence-electron chi connectivity index (χ4n) is 2.54. The Labute approximate surface area is 131 Å². The Morgan fingerprint density at radius 3 is 2.55 bits per heavy atom. The highest BCUT2D eigenvalue weighted by Gasteiger charge is 2.18. The minimum absolute atomic E-state index is 0.115.